The Morgan fingerprint density at radius 2 is 1.95 bits per heavy atom. The first kappa shape index (κ1) is 15.5. The summed E-state index contributed by atoms with van der Waals surface area (Å²) in [5.41, 5.74) is 4.42. The second-order valence-electron chi connectivity index (χ2n) is 5.60. The third-order valence-corrected chi connectivity index (χ3v) is 4.79. The minimum Gasteiger partial charge on any atom is -0.493 e. The molecule has 0 saturated carbocycles. The van der Waals surface area contributed by atoms with E-state index in [4.69, 9.17) is 9.47 Å². The monoisotopic (exact) mass is 297 g/mol. The van der Waals surface area contributed by atoms with E-state index in [0.717, 1.165) is 24.3 Å². The van der Waals surface area contributed by atoms with E-state index >= 15 is 0 Å². The highest BCUT2D eigenvalue weighted by Gasteiger charge is 2.35. The topological polar surface area (TPSA) is 30.5 Å². The molecular formula is C16H24ClNO2. The Labute approximate surface area is 127 Å². The van der Waals surface area contributed by atoms with Crippen molar-refractivity contribution in [2.45, 2.75) is 44.1 Å². The molecule has 0 spiro atoms. The van der Waals surface area contributed by atoms with Crippen molar-refractivity contribution < 1.29 is 9.47 Å². The molecule has 3 nitrogen and oxygen atoms in total. The van der Waals surface area contributed by atoms with Gasteiger partial charge in [-0.25, -0.2) is 0 Å². The quantitative estimate of drug-likeness (QED) is 0.930. The molecule has 1 N–H and O–H groups in total. The molecule has 0 bridgehead atoms. The van der Waals surface area contributed by atoms with Gasteiger partial charge in [0.2, 0.25) is 0 Å². The molecule has 3 rings (SSSR count). The smallest absolute Gasteiger partial charge is 0.164 e. The fraction of sp³-hybridized carbons (Fsp3) is 0.625. The van der Waals surface area contributed by atoms with Crippen LogP contribution in [0.25, 0.3) is 0 Å². The third kappa shape index (κ3) is 2.27. The van der Waals surface area contributed by atoms with Crippen LogP contribution in [-0.2, 0) is 12.8 Å². The Morgan fingerprint density at radius 1 is 1.15 bits per heavy atom. The van der Waals surface area contributed by atoms with E-state index in [0.29, 0.717) is 12.0 Å². The molecule has 4 heteroatoms. The second kappa shape index (κ2) is 6.23. The van der Waals surface area contributed by atoms with Gasteiger partial charge >= 0.3 is 0 Å². The standard InChI is InChI=1S/C16H23NO2.ClH/c1-17-13-8-7-10-9-14(18-2)16(19-3)12-6-4-5-11(13)15(10)12;/h9,11,13,17H,4-8H2,1-3H3;1H. The number of hydrogen-bond donors (Lipinski definition) is 1. The van der Waals surface area contributed by atoms with E-state index in [-0.39, 0.29) is 12.4 Å². The van der Waals surface area contributed by atoms with Crippen molar-refractivity contribution in [1.82, 2.24) is 5.32 Å². The van der Waals surface area contributed by atoms with Crippen molar-refractivity contribution in [2.75, 3.05) is 21.3 Å². The molecule has 20 heavy (non-hydrogen) atoms. The van der Waals surface area contributed by atoms with Crippen molar-refractivity contribution in [1.29, 1.82) is 0 Å². The Morgan fingerprint density at radius 3 is 2.60 bits per heavy atom. The first-order valence-electron chi connectivity index (χ1n) is 7.24. The summed E-state index contributed by atoms with van der Waals surface area (Å²) in [6.45, 7) is 0. The minimum absolute atomic E-state index is 0. The highest BCUT2D eigenvalue weighted by Crippen LogP contribution is 2.48. The minimum atomic E-state index is 0. The maximum atomic E-state index is 5.63. The van der Waals surface area contributed by atoms with Gasteiger partial charge in [-0.1, -0.05) is 0 Å². The molecule has 2 aliphatic rings. The van der Waals surface area contributed by atoms with Crippen molar-refractivity contribution >= 4 is 12.4 Å². The van der Waals surface area contributed by atoms with Crippen LogP contribution in [0, 0.1) is 0 Å². The van der Waals surface area contributed by atoms with Gasteiger partial charge in [0, 0.05) is 11.6 Å². The lowest BCUT2D eigenvalue weighted by atomic mass is 9.70. The van der Waals surface area contributed by atoms with Gasteiger partial charge in [-0.05, 0) is 62.3 Å². The molecule has 1 aromatic rings. The maximum absolute atomic E-state index is 5.63. The molecule has 0 amide bonds. The molecule has 0 heterocycles. The Balaban J connectivity index is 0.00000147. The van der Waals surface area contributed by atoms with E-state index < -0.39 is 0 Å². The second-order valence-corrected chi connectivity index (χ2v) is 5.60. The van der Waals surface area contributed by atoms with Gasteiger partial charge in [0.15, 0.2) is 11.5 Å². The average Bonchev–Trinajstić information content (AvgIpc) is 2.47. The van der Waals surface area contributed by atoms with E-state index in [1.807, 2.05) is 0 Å². The fourth-order valence-electron chi connectivity index (χ4n) is 3.96. The van der Waals surface area contributed by atoms with Crippen molar-refractivity contribution in [3.8, 4) is 11.5 Å². The number of aryl methyl sites for hydroxylation is 1. The number of ether oxygens (including phenoxy) is 2. The molecule has 112 valence electrons. The molecular weight excluding hydrogens is 274 g/mol. The largest absolute Gasteiger partial charge is 0.493 e. The summed E-state index contributed by atoms with van der Waals surface area (Å²) in [7, 11) is 5.57. The van der Waals surface area contributed by atoms with E-state index in [9.17, 15) is 0 Å². The zero-order valence-corrected chi connectivity index (χ0v) is 13.3. The normalized spacial score (nSPS) is 23.6. The molecule has 2 aliphatic carbocycles. The van der Waals surface area contributed by atoms with Crippen LogP contribution in [0.2, 0.25) is 0 Å². The summed E-state index contributed by atoms with van der Waals surface area (Å²) in [5, 5.41) is 3.50. The lowest BCUT2D eigenvalue weighted by molar-refractivity contribution is 0.333. The van der Waals surface area contributed by atoms with Crippen LogP contribution in [-0.4, -0.2) is 27.3 Å². The van der Waals surface area contributed by atoms with Gasteiger partial charge < -0.3 is 14.8 Å². The molecule has 0 fully saturated rings. The first-order chi connectivity index (χ1) is 9.30. The number of nitrogens with one attached hydrogen (secondary N) is 1. The van der Waals surface area contributed by atoms with Crippen LogP contribution >= 0.6 is 12.4 Å². The molecule has 2 unspecified atom stereocenters. The van der Waals surface area contributed by atoms with E-state index in [2.05, 4.69) is 18.4 Å². The molecule has 2 atom stereocenters. The highest BCUT2D eigenvalue weighted by molar-refractivity contribution is 5.85. The summed E-state index contributed by atoms with van der Waals surface area (Å²) in [6.07, 6.45) is 6.03. The van der Waals surface area contributed by atoms with Crippen molar-refractivity contribution in [3.05, 3.63) is 22.8 Å². The fourth-order valence-corrected chi connectivity index (χ4v) is 3.96. The van der Waals surface area contributed by atoms with Gasteiger partial charge in [0.1, 0.15) is 0 Å². The predicted octanol–water partition coefficient (Wildman–Crippen LogP) is 3.08. The van der Waals surface area contributed by atoms with E-state index in [1.54, 1.807) is 19.8 Å². The van der Waals surface area contributed by atoms with Gasteiger partial charge in [-0.3, -0.25) is 0 Å². The van der Waals surface area contributed by atoms with E-state index in [1.165, 1.54) is 30.4 Å². The van der Waals surface area contributed by atoms with Gasteiger partial charge in [0.05, 0.1) is 14.2 Å². The Kier molecular flexibility index (Phi) is 4.82. The average molecular weight is 298 g/mol. The number of halogens is 1. The number of rotatable bonds is 3. The van der Waals surface area contributed by atoms with Crippen LogP contribution < -0.4 is 14.8 Å². The molecule has 1 aromatic carbocycles. The summed E-state index contributed by atoms with van der Waals surface area (Å²) in [5.74, 6) is 2.51. The lowest BCUT2D eigenvalue weighted by Gasteiger charge is -2.39. The molecule has 0 saturated heterocycles. The molecule has 0 radical (unpaired) electrons. The number of benzene rings is 1. The Hall–Kier alpha value is -0.930. The third-order valence-electron chi connectivity index (χ3n) is 4.79. The Bertz CT molecular complexity index is 490. The van der Waals surface area contributed by atoms with Crippen LogP contribution in [0.5, 0.6) is 11.5 Å². The lowest BCUT2D eigenvalue weighted by Crippen LogP contribution is -2.38. The van der Waals surface area contributed by atoms with Crippen LogP contribution in [0.3, 0.4) is 0 Å². The summed E-state index contributed by atoms with van der Waals surface area (Å²) in [4.78, 5) is 0. The number of methoxy groups -OCH3 is 2. The SMILES string of the molecule is CNC1CCc2cc(OC)c(OC)c3c2C1CCC3.Cl. The summed E-state index contributed by atoms with van der Waals surface area (Å²) >= 11 is 0. The van der Waals surface area contributed by atoms with Gasteiger partial charge in [-0.2, -0.15) is 0 Å². The summed E-state index contributed by atoms with van der Waals surface area (Å²) in [6, 6.07) is 2.81. The highest BCUT2D eigenvalue weighted by atomic mass is 35.5. The van der Waals surface area contributed by atoms with Crippen molar-refractivity contribution in [2.24, 2.45) is 0 Å². The maximum Gasteiger partial charge on any atom is 0.164 e. The number of hydrogen-bond acceptors (Lipinski definition) is 3. The van der Waals surface area contributed by atoms with Crippen LogP contribution in [0.4, 0.5) is 0 Å². The van der Waals surface area contributed by atoms with Gasteiger partial charge in [-0.15, -0.1) is 12.4 Å². The van der Waals surface area contributed by atoms with Crippen LogP contribution in [0.1, 0.15) is 41.9 Å². The zero-order chi connectivity index (χ0) is 13.4. The zero-order valence-electron chi connectivity index (χ0n) is 12.5. The van der Waals surface area contributed by atoms with Gasteiger partial charge in [0.25, 0.3) is 0 Å². The van der Waals surface area contributed by atoms with Crippen LogP contribution in [0.15, 0.2) is 6.07 Å². The predicted molar refractivity (Wildman–Crippen MR) is 83.6 cm³/mol. The van der Waals surface area contributed by atoms with Crippen molar-refractivity contribution in [3.63, 3.8) is 0 Å². The molecule has 0 aliphatic heterocycles. The number of likely N-dealkylation sites (N-methyl/N-ethyl adjacent to an activating group) is 1. The molecule has 0 aromatic heterocycles. The summed E-state index contributed by atoms with van der Waals surface area (Å²) < 4.78 is 11.1. The first-order valence-corrected chi connectivity index (χ1v) is 7.24.